The molecule has 38 heavy (non-hydrogen) atoms. The zero-order valence-electron chi connectivity index (χ0n) is 21.5. The average molecular weight is 529 g/mol. The molecule has 5 nitrogen and oxygen atoms in total. The van der Waals surface area contributed by atoms with Crippen molar-refractivity contribution >= 4 is 29.1 Å². The second kappa shape index (κ2) is 13.1. The van der Waals surface area contributed by atoms with Gasteiger partial charge < -0.3 is 20.6 Å². The normalized spacial score (nSPS) is 11.3. The lowest BCUT2D eigenvalue weighted by Crippen LogP contribution is -2.33. The van der Waals surface area contributed by atoms with Crippen molar-refractivity contribution in [2.24, 2.45) is 0 Å². The van der Waals surface area contributed by atoms with Crippen molar-refractivity contribution in [3.63, 3.8) is 0 Å². The van der Waals surface area contributed by atoms with Gasteiger partial charge >= 0.3 is 0 Å². The number of phenolic OH excluding ortho intramolecular Hbond substituents is 3. The molecule has 0 heterocycles. The summed E-state index contributed by atoms with van der Waals surface area (Å²) in [5, 5.41) is 35.8. The molecular weight excluding hydrogens is 493 g/mol. The number of carbonyl (C=O) groups is 1. The molecule has 0 radical (unpaired) electrons. The first-order chi connectivity index (χ1) is 18.5. The molecule has 4 rings (SSSR count). The van der Waals surface area contributed by atoms with Gasteiger partial charge in [-0.3, -0.25) is 4.79 Å². The van der Waals surface area contributed by atoms with Crippen LogP contribution < -0.4 is 21.2 Å². The largest absolute Gasteiger partial charge is 0.504 e. The maximum atomic E-state index is 12.3. The Morgan fingerprint density at radius 2 is 1.08 bits per heavy atom. The van der Waals surface area contributed by atoms with E-state index < -0.39 is 24.5 Å². The third-order valence-corrected chi connectivity index (χ3v) is 11.4. The van der Waals surface area contributed by atoms with Crippen molar-refractivity contribution in [1.29, 1.82) is 0 Å². The number of hydrogen-bond donors (Lipinski definition) is 4. The highest BCUT2D eigenvalue weighted by molar-refractivity contribution is 7.95. The summed E-state index contributed by atoms with van der Waals surface area (Å²) in [6, 6.07) is 35.3. The predicted molar refractivity (Wildman–Crippen MR) is 157 cm³/mol. The predicted octanol–water partition coefficient (Wildman–Crippen LogP) is 5.02. The van der Waals surface area contributed by atoms with Gasteiger partial charge in [-0.05, 0) is 73.4 Å². The molecule has 0 atom stereocenters. The minimum Gasteiger partial charge on any atom is -0.504 e. The standard InChI is InChI=1S/C32H34NO4P/c34-29-22-25(23-30(35)32(29)37)24-31(36)33-20-12-1-2-13-21-38(26-14-6-3-7-15-26,27-16-8-4-9-17-27)28-18-10-5-11-19-28/h3-11,14-19,22-23H,1-2,12-13,20-21,24H2,(H3-,33,34,35,36,37)/p+1. The Morgan fingerprint density at radius 3 is 1.55 bits per heavy atom. The Labute approximate surface area is 225 Å². The fourth-order valence-electron chi connectivity index (χ4n) is 4.95. The molecule has 0 saturated heterocycles. The smallest absolute Gasteiger partial charge is 0.224 e. The fourth-order valence-corrected chi connectivity index (χ4v) is 9.36. The van der Waals surface area contributed by atoms with Gasteiger partial charge in [-0.15, -0.1) is 0 Å². The summed E-state index contributed by atoms with van der Waals surface area (Å²) in [5.41, 5.74) is 0.443. The molecule has 6 heteroatoms. The third-order valence-electron chi connectivity index (χ3n) is 6.83. The van der Waals surface area contributed by atoms with Gasteiger partial charge in [0.1, 0.15) is 23.2 Å². The second-order valence-electron chi connectivity index (χ2n) is 9.46. The maximum Gasteiger partial charge on any atom is 0.224 e. The van der Waals surface area contributed by atoms with Gasteiger partial charge in [0.05, 0.1) is 12.6 Å². The van der Waals surface area contributed by atoms with Gasteiger partial charge in [-0.25, -0.2) is 0 Å². The number of aromatic hydroxyl groups is 3. The SMILES string of the molecule is O=C(Cc1cc(O)c(O)c(O)c1)NCCCCCC[P+](c1ccccc1)(c1ccccc1)c1ccccc1. The molecule has 0 spiro atoms. The molecule has 1 amide bonds. The van der Waals surface area contributed by atoms with Crippen molar-refractivity contribution in [3.8, 4) is 17.2 Å². The first-order valence-corrected chi connectivity index (χ1v) is 15.0. The summed E-state index contributed by atoms with van der Waals surface area (Å²) < 4.78 is 0. The molecule has 0 aromatic heterocycles. The van der Waals surface area contributed by atoms with Gasteiger partial charge in [-0.1, -0.05) is 61.0 Å². The van der Waals surface area contributed by atoms with Crippen LogP contribution in [0.2, 0.25) is 0 Å². The first-order valence-electron chi connectivity index (χ1n) is 13.1. The van der Waals surface area contributed by atoms with Crippen LogP contribution in [0.15, 0.2) is 103 Å². The fraction of sp³-hybridized carbons (Fsp3) is 0.219. The number of nitrogens with one attached hydrogen (secondary N) is 1. The van der Waals surface area contributed by atoms with E-state index in [2.05, 4.69) is 96.3 Å². The van der Waals surface area contributed by atoms with Crippen molar-refractivity contribution in [3.05, 3.63) is 109 Å². The molecule has 0 fully saturated rings. The second-order valence-corrected chi connectivity index (χ2v) is 13.1. The van der Waals surface area contributed by atoms with Gasteiger partial charge in [0.2, 0.25) is 5.91 Å². The monoisotopic (exact) mass is 528 g/mol. The van der Waals surface area contributed by atoms with Crippen molar-refractivity contribution < 1.29 is 20.1 Å². The highest BCUT2D eigenvalue weighted by atomic mass is 31.2. The minimum absolute atomic E-state index is 0.0274. The van der Waals surface area contributed by atoms with Crippen LogP contribution in [0.25, 0.3) is 0 Å². The highest BCUT2D eigenvalue weighted by Crippen LogP contribution is 2.56. The highest BCUT2D eigenvalue weighted by Gasteiger charge is 2.44. The summed E-state index contributed by atoms with van der Waals surface area (Å²) in [6.45, 7) is 0.575. The summed E-state index contributed by atoms with van der Waals surface area (Å²) in [5.74, 6) is -1.63. The number of unbranched alkanes of at least 4 members (excludes halogenated alkanes) is 3. The number of carbonyl (C=O) groups excluding carboxylic acids is 1. The van der Waals surface area contributed by atoms with Crippen LogP contribution in [-0.4, -0.2) is 33.9 Å². The van der Waals surface area contributed by atoms with Crippen molar-refractivity contribution in [1.82, 2.24) is 5.32 Å². The van der Waals surface area contributed by atoms with E-state index in [1.807, 2.05) is 0 Å². The molecule has 0 saturated carbocycles. The Kier molecular flexibility index (Phi) is 9.40. The first kappa shape index (κ1) is 27.2. The van der Waals surface area contributed by atoms with E-state index in [0.717, 1.165) is 31.8 Å². The third kappa shape index (κ3) is 6.54. The zero-order chi connectivity index (χ0) is 26.8. The number of hydrogen-bond acceptors (Lipinski definition) is 4. The number of rotatable bonds is 12. The zero-order valence-corrected chi connectivity index (χ0v) is 22.4. The van der Waals surface area contributed by atoms with Gasteiger partial charge in [0.15, 0.2) is 17.2 Å². The summed E-state index contributed by atoms with van der Waals surface area (Å²) in [7, 11) is -1.80. The van der Waals surface area contributed by atoms with E-state index in [-0.39, 0.29) is 12.3 Å². The van der Waals surface area contributed by atoms with Gasteiger partial charge in [0.25, 0.3) is 0 Å². The van der Waals surface area contributed by atoms with E-state index in [9.17, 15) is 20.1 Å². The number of amides is 1. The Bertz CT molecular complexity index is 1190. The molecular formula is C32H35NO4P+. The molecule has 0 aliphatic carbocycles. The number of benzene rings is 4. The van der Waals surface area contributed by atoms with Crippen LogP contribution in [0.1, 0.15) is 31.2 Å². The summed E-state index contributed by atoms with van der Waals surface area (Å²) >= 11 is 0. The Morgan fingerprint density at radius 1 is 0.632 bits per heavy atom. The van der Waals surface area contributed by atoms with Crippen LogP contribution in [0.4, 0.5) is 0 Å². The molecule has 0 unspecified atom stereocenters. The van der Waals surface area contributed by atoms with E-state index in [1.54, 1.807) is 0 Å². The molecule has 0 aliphatic heterocycles. The molecule has 4 aromatic carbocycles. The van der Waals surface area contributed by atoms with E-state index in [1.165, 1.54) is 28.0 Å². The number of phenols is 3. The van der Waals surface area contributed by atoms with E-state index >= 15 is 0 Å². The molecule has 0 aliphatic rings. The average Bonchev–Trinajstić information content (AvgIpc) is 2.95. The molecule has 4 N–H and O–H groups in total. The molecule has 0 bridgehead atoms. The van der Waals surface area contributed by atoms with Crippen molar-refractivity contribution in [2.45, 2.75) is 32.1 Å². The van der Waals surface area contributed by atoms with Crippen LogP contribution in [0, 0.1) is 0 Å². The van der Waals surface area contributed by atoms with E-state index in [0.29, 0.717) is 12.1 Å². The lowest BCUT2D eigenvalue weighted by molar-refractivity contribution is -0.120. The molecule has 4 aromatic rings. The summed E-state index contributed by atoms with van der Waals surface area (Å²) in [4.78, 5) is 12.3. The lowest BCUT2D eigenvalue weighted by atomic mass is 10.1. The minimum atomic E-state index is -1.80. The topological polar surface area (TPSA) is 89.8 Å². The Hall–Kier alpha value is -3.82. The quantitative estimate of drug-likeness (QED) is 0.118. The van der Waals surface area contributed by atoms with Gasteiger partial charge in [-0.2, -0.15) is 0 Å². The Balaban J connectivity index is 1.34. The molecule has 196 valence electrons. The van der Waals surface area contributed by atoms with Crippen LogP contribution in [-0.2, 0) is 11.2 Å². The van der Waals surface area contributed by atoms with E-state index in [4.69, 9.17) is 0 Å². The maximum absolute atomic E-state index is 12.3. The summed E-state index contributed by atoms with van der Waals surface area (Å²) in [6.07, 6.45) is 5.17. The van der Waals surface area contributed by atoms with Crippen LogP contribution in [0.3, 0.4) is 0 Å². The van der Waals surface area contributed by atoms with Crippen LogP contribution >= 0.6 is 7.26 Å². The van der Waals surface area contributed by atoms with Crippen molar-refractivity contribution in [2.75, 3.05) is 12.7 Å². The van der Waals surface area contributed by atoms with Crippen LogP contribution in [0.5, 0.6) is 17.2 Å². The van der Waals surface area contributed by atoms with Gasteiger partial charge in [0, 0.05) is 6.54 Å². The lowest BCUT2D eigenvalue weighted by Gasteiger charge is -2.27.